The van der Waals surface area contributed by atoms with Crippen molar-refractivity contribution in [3.8, 4) is 11.5 Å². The molecule has 0 aromatic heterocycles. The molecule has 5 nitrogen and oxygen atoms in total. The molecule has 0 saturated carbocycles. The molecule has 0 spiro atoms. The number of phenolic OH excluding ortho intramolecular Hbond substituents is 1. The van der Waals surface area contributed by atoms with Crippen LogP contribution in [0.25, 0.3) is 10.8 Å². The lowest BCUT2D eigenvalue weighted by atomic mass is 10.0. The molecule has 0 bridgehead atoms. The van der Waals surface area contributed by atoms with E-state index in [0.29, 0.717) is 16.3 Å². The van der Waals surface area contributed by atoms with Crippen molar-refractivity contribution in [2.24, 2.45) is 5.10 Å². The van der Waals surface area contributed by atoms with Crippen molar-refractivity contribution in [2.45, 2.75) is 13.8 Å². The predicted molar refractivity (Wildman–Crippen MR) is 108 cm³/mol. The van der Waals surface area contributed by atoms with Crippen LogP contribution in [0.15, 0.2) is 53.6 Å². The average Bonchev–Trinajstić information content (AvgIpc) is 2.66. The van der Waals surface area contributed by atoms with Crippen molar-refractivity contribution in [2.75, 3.05) is 6.61 Å². The number of fused-ring (bicyclic) bond motifs is 1. The molecule has 0 aliphatic carbocycles. The monoisotopic (exact) mass is 382 g/mol. The smallest absolute Gasteiger partial charge is 0.277 e. The van der Waals surface area contributed by atoms with E-state index in [1.807, 2.05) is 44.2 Å². The lowest BCUT2D eigenvalue weighted by Crippen LogP contribution is -2.24. The number of ether oxygens (including phenoxy) is 1. The Morgan fingerprint density at radius 1 is 1.19 bits per heavy atom. The van der Waals surface area contributed by atoms with E-state index in [1.165, 1.54) is 6.21 Å². The van der Waals surface area contributed by atoms with Crippen LogP contribution in [0.4, 0.5) is 0 Å². The van der Waals surface area contributed by atoms with E-state index in [0.717, 1.165) is 21.9 Å². The number of rotatable bonds is 5. The Hall–Kier alpha value is -3.05. The van der Waals surface area contributed by atoms with Gasteiger partial charge in [-0.15, -0.1) is 0 Å². The number of benzene rings is 3. The third-order valence-electron chi connectivity index (χ3n) is 4.11. The second kappa shape index (κ2) is 8.10. The summed E-state index contributed by atoms with van der Waals surface area (Å²) in [5.74, 6) is 0.256. The van der Waals surface area contributed by atoms with Crippen LogP contribution in [0, 0.1) is 13.8 Å². The fourth-order valence-corrected chi connectivity index (χ4v) is 2.87. The zero-order valence-corrected chi connectivity index (χ0v) is 15.7. The number of phenols is 1. The minimum atomic E-state index is -0.406. The van der Waals surface area contributed by atoms with Gasteiger partial charge in [-0.3, -0.25) is 4.79 Å². The minimum Gasteiger partial charge on any atom is -0.507 e. The molecular weight excluding hydrogens is 364 g/mol. The first kappa shape index (κ1) is 18.7. The van der Waals surface area contributed by atoms with E-state index < -0.39 is 5.91 Å². The zero-order chi connectivity index (χ0) is 19.4. The molecule has 3 aromatic rings. The number of amides is 1. The Bertz CT molecular complexity index is 1010. The molecular formula is C21H19ClN2O3. The zero-order valence-electron chi connectivity index (χ0n) is 15.0. The molecule has 0 radical (unpaired) electrons. The lowest BCUT2D eigenvalue weighted by Gasteiger charge is -2.09. The largest absolute Gasteiger partial charge is 0.507 e. The number of carbonyl (C=O) groups excluding carboxylic acids is 1. The van der Waals surface area contributed by atoms with E-state index in [9.17, 15) is 9.90 Å². The Morgan fingerprint density at radius 3 is 2.63 bits per heavy atom. The molecule has 0 heterocycles. The fraction of sp³-hybridized carbons (Fsp3) is 0.143. The summed E-state index contributed by atoms with van der Waals surface area (Å²) in [6, 6.07) is 14.6. The highest BCUT2D eigenvalue weighted by atomic mass is 35.5. The van der Waals surface area contributed by atoms with Crippen LogP contribution in [0.2, 0.25) is 5.02 Å². The van der Waals surface area contributed by atoms with Crippen molar-refractivity contribution in [3.05, 3.63) is 70.2 Å². The maximum atomic E-state index is 12.0. The molecule has 0 aliphatic heterocycles. The number of nitrogens with zero attached hydrogens (tertiary/aromatic N) is 1. The van der Waals surface area contributed by atoms with Gasteiger partial charge in [-0.2, -0.15) is 5.10 Å². The first-order chi connectivity index (χ1) is 13.0. The number of hydrogen-bond donors (Lipinski definition) is 2. The molecule has 27 heavy (non-hydrogen) atoms. The highest BCUT2D eigenvalue weighted by Gasteiger charge is 2.07. The van der Waals surface area contributed by atoms with Crippen LogP contribution in [-0.2, 0) is 4.79 Å². The summed E-state index contributed by atoms with van der Waals surface area (Å²) < 4.78 is 5.49. The molecule has 0 fully saturated rings. The van der Waals surface area contributed by atoms with Crippen molar-refractivity contribution in [1.29, 1.82) is 0 Å². The standard InChI is InChI=1S/C21H19ClN2O3/c1-13-9-16(10-14(2)21(13)22)27-12-20(26)24-23-11-18-17-6-4-3-5-15(17)7-8-19(18)25/h3-11,25H,12H2,1-2H3,(H,24,26)/b23-11+. The third kappa shape index (κ3) is 4.38. The lowest BCUT2D eigenvalue weighted by molar-refractivity contribution is -0.123. The molecule has 0 atom stereocenters. The summed E-state index contributed by atoms with van der Waals surface area (Å²) in [6.07, 6.45) is 1.42. The maximum Gasteiger partial charge on any atom is 0.277 e. The van der Waals surface area contributed by atoms with Gasteiger partial charge in [-0.25, -0.2) is 5.43 Å². The van der Waals surface area contributed by atoms with Gasteiger partial charge in [-0.1, -0.05) is 41.9 Å². The normalized spacial score (nSPS) is 11.1. The van der Waals surface area contributed by atoms with Gasteiger partial charge < -0.3 is 9.84 Å². The molecule has 138 valence electrons. The Balaban J connectivity index is 1.64. The van der Waals surface area contributed by atoms with E-state index in [2.05, 4.69) is 10.5 Å². The van der Waals surface area contributed by atoms with Crippen molar-refractivity contribution in [1.82, 2.24) is 5.43 Å². The van der Waals surface area contributed by atoms with Gasteiger partial charge in [0.05, 0.1) is 6.21 Å². The third-order valence-corrected chi connectivity index (χ3v) is 4.71. The van der Waals surface area contributed by atoms with Crippen molar-refractivity contribution in [3.63, 3.8) is 0 Å². The molecule has 0 aliphatic rings. The minimum absolute atomic E-state index is 0.0927. The molecule has 3 aromatic carbocycles. The highest BCUT2D eigenvalue weighted by Crippen LogP contribution is 2.26. The number of aryl methyl sites for hydroxylation is 2. The summed E-state index contributed by atoms with van der Waals surface area (Å²) in [7, 11) is 0. The van der Waals surface area contributed by atoms with Crippen LogP contribution < -0.4 is 10.2 Å². The van der Waals surface area contributed by atoms with E-state index in [1.54, 1.807) is 18.2 Å². The van der Waals surface area contributed by atoms with E-state index in [-0.39, 0.29) is 12.4 Å². The molecule has 1 amide bonds. The maximum absolute atomic E-state index is 12.0. The van der Waals surface area contributed by atoms with Crippen molar-refractivity contribution < 1.29 is 14.6 Å². The Kier molecular flexibility index (Phi) is 5.62. The molecule has 6 heteroatoms. The van der Waals surface area contributed by atoms with Gasteiger partial charge in [0, 0.05) is 10.6 Å². The number of nitrogens with one attached hydrogen (secondary N) is 1. The molecule has 2 N–H and O–H groups in total. The van der Waals surface area contributed by atoms with Gasteiger partial charge in [-0.05, 0) is 53.9 Å². The van der Waals surface area contributed by atoms with Crippen LogP contribution in [-0.4, -0.2) is 23.8 Å². The van der Waals surface area contributed by atoms with Gasteiger partial charge >= 0.3 is 0 Å². The number of hydrazone groups is 1. The average molecular weight is 383 g/mol. The van der Waals surface area contributed by atoms with Crippen LogP contribution >= 0.6 is 11.6 Å². The Labute approximate surface area is 162 Å². The quantitative estimate of drug-likeness (QED) is 0.509. The molecule has 0 unspecified atom stereocenters. The molecule has 3 rings (SSSR count). The second-order valence-electron chi connectivity index (χ2n) is 6.17. The number of halogens is 1. The van der Waals surface area contributed by atoms with E-state index >= 15 is 0 Å². The van der Waals surface area contributed by atoms with Crippen LogP contribution in [0.1, 0.15) is 16.7 Å². The summed E-state index contributed by atoms with van der Waals surface area (Å²) in [5.41, 5.74) is 4.71. The number of carbonyl (C=O) groups is 1. The highest BCUT2D eigenvalue weighted by molar-refractivity contribution is 6.32. The first-order valence-corrected chi connectivity index (χ1v) is 8.75. The summed E-state index contributed by atoms with van der Waals surface area (Å²) in [6.45, 7) is 3.58. The van der Waals surface area contributed by atoms with Gasteiger partial charge in [0.15, 0.2) is 6.61 Å². The molecule has 0 saturated heterocycles. The van der Waals surface area contributed by atoms with Crippen LogP contribution in [0.5, 0.6) is 11.5 Å². The van der Waals surface area contributed by atoms with Crippen LogP contribution in [0.3, 0.4) is 0 Å². The SMILES string of the molecule is Cc1cc(OCC(=O)N/N=C/c2c(O)ccc3ccccc23)cc(C)c1Cl. The van der Waals surface area contributed by atoms with Crippen molar-refractivity contribution >= 4 is 34.5 Å². The fourth-order valence-electron chi connectivity index (χ4n) is 2.76. The van der Waals surface area contributed by atoms with Gasteiger partial charge in [0.25, 0.3) is 5.91 Å². The second-order valence-corrected chi connectivity index (χ2v) is 6.55. The number of hydrogen-bond acceptors (Lipinski definition) is 4. The summed E-state index contributed by atoms with van der Waals surface area (Å²) in [4.78, 5) is 12.0. The van der Waals surface area contributed by atoms with E-state index in [4.69, 9.17) is 16.3 Å². The van der Waals surface area contributed by atoms with Gasteiger partial charge in [0.2, 0.25) is 0 Å². The first-order valence-electron chi connectivity index (χ1n) is 8.38. The Morgan fingerprint density at radius 2 is 1.89 bits per heavy atom. The number of aromatic hydroxyl groups is 1. The topological polar surface area (TPSA) is 70.9 Å². The predicted octanol–water partition coefficient (Wildman–Crippen LogP) is 4.34. The summed E-state index contributed by atoms with van der Waals surface area (Å²) >= 11 is 6.12. The summed E-state index contributed by atoms with van der Waals surface area (Å²) in [5, 5.41) is 16.5. The van der Waals surface area contributed by atoms with Gasteiger partial charge in [0.1, 0.15) is 11.5 Å².